The SMILES string of the molecule is COC(=O)[C@H](C)NCc1ccc(C(=O)Nc2cccc(-c3cccc(NC(=O)c4ccc(CN5CCCC5)cn4)c3C)c2C)nc1. The number of carbonyl (C=O) groups is 3. The second kappa shape index (κ2) is 14.9. The molecule has 0 unspecified atom stereocenters. The molecule has 0 aliphatic carbocycles. The average molecular weight is 621 g/mol. The Morgan fingerprint density at radius 2 is 1.30 bits per heavy atom. The van der Waals surface area contributed by atoms with E-state index in [1.807, 2.05) is 56.3 Å². The summed E-state index contributed by atoms with van der Waals surface area (Å²) >= 11 is 0. The van der Waals surface area contributed by atoms with E-state index in [1.165, 1.54) is 20.0 Å². The number of ether oxygens (including phenoxy) is 1. The Kier molecular flexibility index (Phi) is 10.5. The number of amides is 2. The number of likely N-dealkylation sites (tertiary alicyclic amines) is 1. The first-order chi connectivity index (χ1) is 22.2. The second-order valence-electron chi connectivity index (χ2n) is 11.6. The Bertz CT molecular complexity index is 1700. The molecular formula is C36H40N6O4. The van der Waals surface area contributed by atoms with Crippen molar-refractivity contribution in [2.24, 2.45) is 0 Å². The summed E-state index contributed by atoms with van der Waals surface area (Å²) in [5.74, 6) is -0.948. The predicted molar refractivity (Wildman–Crippen MR) is 179 cm³/mol. The van der Waals surface area contributed by atoms with Gasteiger partial charge in [-0.1, -0.05) is 36.4 Å². The van der Waals surface area contributed by atoms with Crippen molar-refractivity contribution < 1.29 is 19.1 Å². The van der Waals surface area contributed by atoms with Gasteiger partial charge in [-0.05, 0) is 104 Å². The minimum absolute atomic E-state index is 0.266. The summed E-state index contributed by atoms with van der Waals surface area (Å²) in [6.45, 7) is 9.12. The number of rotatable bonds is 11. The Hall–Kier alpha value is -4.93. The summed E-state index contributed by atoms with van der Waals surface area (Å²) in [5, 5.41) is 9.08. The Morgan fingerprint density at radius 3 is 1.78 bits per heavy atom. The molecule has 238 valence electrons. The number of anilines is 2. The molecule has 1 aliphatic heterocycles. The second-order valence-corrected chi connectivity index (χ2v) is 11.6. The Labute approximate surface area is 269 Å². The molecular weight excluding hydrogens is 580 g/mol. The topological polar surface area (TPSA) is 126 Å². The van der Waals surface area contributed by atoms with Gasteiger partial charge in [-0.25, -0.2) is 0 Å². The number of esters is 1. The van der Waals surface area contributed by atoms with Crippen molar-refractivity contribution in [1.82, 2.24) is 20.2 Å². The van der Waals surface area contributed by atoms with E-state index in [-0.39, 0.29) is 23.5 Å². The van der Waals surface area contributed by atoms with Gasteiger partial charge in [-0.2, -0.15) is 0 Å². The number of methoxy groups -OCH3 is 1. The molecule has 2 aromatic heterocycles. The number of hydrogen-bond acceptors (Lipinski definition) is 8. The van der Waals surface area contributed by atoms with Crippen LogP contribution in [-0.2, 0) is 22.6 Å². The van der Waals surface area contributed by atoms with Crippen LogP contribution in [0, 0.1) is 13.8 Å². The van der Waals surface area contributed by atoms with Crippen LogP contribution in [0.2, 0.25) is 0 Å². The molecule has 4 aromatic rings. The van der Waals surface area contributed by atoms with Gasteiger partial charge in [0.15, 0.2) is 0 Å². The molecule has 3 N–H and O–H groups in total. The van der Waals surface area contributed by atoms with Gasteiger partial charge in [-0.15, -0.1) is 0 Å². The molecule has 1 atom stereocenters. The monoisotopic (exact) mass is 620 g/mol. The van der Waals surface area contributed by atoms with E-state index >= 15 is 0 Å². The van der Waals surface area contributed by atoms with E-state index in [9.17, 15) is 14.4 Å². The molecule has 3 heterocycles. The predicted octanol–water partition coefficient (Wildman–Crippen LogP) is 5.51. The number of nitrogens with zero attached hydrogens (tertiary/aromatic N) is 3. The van der Waals surface area contributed by atoms with Crippen LogP contribution in [0.1, 0.15) is 63.0 Å². The average Bonchev–Trinajstić information content (AvgIpc) is 3.59. The quantitative estimate of drug-likeness (QED) is 0.188. The van der Waals surface area contributed by atoms with Gasteiger partial charge in [0.25, 0.3) is 11.8 Å². The van der Waals surface area contributed by atoms with Crippen LogP contribution in [-0.4, -0.2) is 58.9 Å². The molecule has 0 radical (unpaired) electrons. The first-order valence-corrected chi connectivity index (χ1v) is 15.5. The summed E-state index contributed by atoms with van der Waals surface area (Å²) in [4.78, 5) is 49.0. The number of aromatic nitrogens is 2. The summed E-state index contributed by atoms with van der Waals surface area (Å²) in [5.41, 5.74) is 7.59. The normalized spacial score (nSPS) is 13.7. The molecule has 0 spiro atoms. The van der Waals surface area contributed by atoms with E-state index in [2.05, 4.69) is 30.8 Å². The molecule has 1 aliphatic rings. The maximum Gasteiger partial charge on any atom is 0.322 e. The molecule has 1 fully saturated rings. The molecule has 0 bridgehead atoms. The van der Waals surface area contributed by atoms with Crippen molar-refractivity contribution in [1.29, 1.82) is 0 Å². The van der Waals surface area contributed by atoms with Crippen LogP contribution in [0.25, 0.3) is 11.1 Å². The highest BCUT2D eigenvalue weighted by molar-refractivity contribution is 6.05. The van der Waals surface area contributed by atoms with Gasteiger partial charge in [0.05, 0.1) is 7.11 Å². The van der Waals surface area contributed by atoms with Crippen LogP contribution in [0.15, 0.2) is 73.1 Å². The van der Waals surface area contributed by atoms with Gasteiger partial charge in [0.2, 0.25) is 0 Å². The van der Waals surface area contributed by atoms with Crippen molar-refractivity contribution in [3.8, 4) is 11.1 Å². The molecule has 2 aromatic carbocycles. The van der Waals surface area contributed by atoms with Crippen molar-refractivity contribution in [2.45, 2.75) is 52.7 Å². The Morgan fingerprint density at radius 1 is 0.783 bits per heavy atom. The minimum Gasteiger partial charge on any atom is -0.468 e. The fraction of sp³-hybridized carbons (Fsp3) is 0.306. The van der Waals surface area contributed by atoms with Gasteiger partial charge < -0.3 is 20.7 Å². The molecule has 2 amide bonds. The van der Waals surface area contributed by atoms with Gasteiger partial charge in [0.1, 0.15) is 17.4 Å². The lowest BCUT2D eigenvalue weighted by Gasteiger charge is -2.17. The standard InChI is InChI=1S/C36H40N6O4/c1-23-28(9-7-11-30(23)40-34(43)32-15-13-26(20-38-32)19-37-25(3)36(45)46-4)29-10-8-12-31(24(29)2)41-35(44)33-16-14-27(21-39-33)22-42-17-5-6-18-42/h7-16,20-21,25,37H,5-6,17-19,22H2,1-4H3,(H,40,43)(H,41,44)/t25-/m0/s1. The number of pyridine rings is 2. The van der Waals surface area contributed by atoms with Crippen molar-refractivity contribution in [3.63, 3.8) is 0 Å². The third-order valence-electron chi connectivity index (χ3n) is 8.34. The summed E-state index contributed by atoms with van der Waals surface area (Å²) in [6, 6.07) is 18.3. The Balaban J connectivity index is 1.25. The van der Waals surface area contributed by atoms with E-state index < -0.39 is 6.04 Å². The highest BCUT2D eigenvalue weighted by Crippen LogP contribution is 2.34. The molecule has 46 heavy (non-hydrogen) atoms. The van der Waals surface area contributed by atoms with Crippen molar-refractivity contribution in [3.05, 3.63) is 107 Å². The number of carbonyl (C=O) groups excluding carboxylic acids is 3. The number of nitrogens with one attached hydrogen (secondary N) is 3. The third kappa shape index (κ3) is 7.82. The van der Waals surface area contributed by atoms with Gasteiger partial charge in [-0.3, -0.25) is 29.3 Å². The first kappa shape index (κ1) is 32.5. The lowest BCUT2D eigenvalue weighted by molar-refractivity contribution is -0.142. The van der Waals surface area contributed by atoms with Crippen LogP contribution >= 0.6 is 0 Å². The maximum absolute atomic E-state index is 13.1. The minimum atomic E-state index is -0.456. The van der Waals surface area contributed by atoms with Crippen molar-refractivity contribution >= 4 is 29.2 Å². The fourth-order valence-electron chi connectivity index (χ4n) is 5.54. The zero-order valence-corrected chi connectivity index (χ0v) is 26.7. The first-order valence-electron chi connectivity index (χ1n) is 15.5. The van der Waals surface area contributed by atoms with E-state index in [0.29, 0.717) is 23.6 Å². The summed E-state index contributed by atoms with van der Waals surface area (Å²) < 4.78 is 4.73. The summed E-state index contributed by atoms with van der Waals surface area (Å²) in [7, 11) is 1.35. The molecule has 5 rings (SSSR count). The molecule has 10 nitrogen and oxygen atoms in total. The lowest BCUT2D eigenvalue weighted by atomic mass is 9.94. The van der Waals surface area contributed by atoms with Gasteiger partial charge >= 0.3 is 5.97 Å². The molecule has 1 saturated heterocycles. The lowest BCUT2D eigenvalue weighted by Crippen LogP contribution is -2.34. The van der Waals surface area contributed by atoms with Crippen LogP contribution in [0.4, 0.5) is 11.4 Å². The highest BCUT2D eigenvalue weighted by Gasteiger charge is 2.17. The summed E-state index contributed by atoms with van der Waals surface area (Å²) in [6.07, 6.45) is 5.86. The number of benzene rings is 2. The fourth-order valence-corrected chi connectivity index (χ4v) is 5.54. The van der Waals surface area contributed by atoms with E-state index in [1.54, 1.807) is 37.5 Å². The largest absolute Gasteiger partial charge is 0.468 e. The number of hydrogen-bond donors (Lipinski definition) is 3. The maximum atomic E-state index is 13.1. The molecule has 0 saturated carbocycles. The van der Waals surface area contributed by atoms with Crippen LogP contribution in [0.5, 0.6) is 0 Å². The van der Waals surface area contributed by atoms with Gasteiger partial charge in [0, 0.05) is 36.9 Å². The van der Waals surface area contributed by atoms with E-state index in [0.717, 1.165) is 53.0 Å². The highest BCUT2D eigenvalue weighted by atomic mass is 16.5. The smallest absolute Gasteiger partial charge is 0.322 e. The van der Waals surface area contributed by atoms with Crippen LogP contribution < -0.4 is 16.0 Å². The zero-order chi connectivity index (χ0) is 32.6. The van der Waals surface area contributed by atoms with E-state index in [4.69, 9.17) is 4.74 Å². The zero-order valence-electron chi connectivity index (χ0n) is 26.7. The molecule has 10 heteroatoms. The van der Waals surface area contributed by atoms with Crippen molar-refractivity contribution in [2.75, 3.05) is 30.8 Å². The third-order valence-corrected chi connectivity index (χ3v) is 8.34. The van der Waals surface area contributed by atoms with Crippen LogP contribution in [0.3, 0.4) is 0 Å².